The van der Waals surface area contributed by atoms with Crippen molar-refractivity contribution in [2.24, 2.45) is 0 Å². The van der Waals surface area contributed by atoms with Gasteiger partial charge in [-0.05, 0) is 36.6 Å². The van der Waals surface area contributed by atoms with Crippen molar-refractivity contribution in [3.63, 3.8) is 0 Å². The number of benzene rings is 2. The van der Waals surface area contributed by atoms with Crippen molar-refractivity contribution in [2.45, 2.75) is 13.5 Å². The first-order chi connectivity index (χ1) is 10.7. The minimum Gasteiger partial charge on any atom is -0.321 e. The van der Waals surface area contributed by atoms with Crippen LogP contribution in [-0.2, 0) is 6.54 Å². The first kappa shape index (κ1) is 14.1. The summed E-state index contributed by atoms with van der Waals surface area (Å²) in [6.45, 7) is 2.30. The highest BCUT2D eigenvalue weighted by atomic mass is 16.2. The molecule has 1 N–H and O–H groups in total. The number of hydrogen-bond acceptors (Lipinski definition) is 2. The first-order valence-corrected chi connectivity index (χ1v) is 7.19. The van der Waals surface area contributed by atoms with E-state index in [1.54, 1.807) is 12.1 Å². The van der Waals surface area contributed by atoms with Crippen LogP contribution in [-0.4, -0.2) is 10.5 Å². The van der Waals surface area contributed by atoms with Crippen molar-refractivity contribution in [3.8, 4) is 0 Å². The van der Waals surface area contributed by atoms with Gasteiger partial charge in [0.2, 0.25) is 0 Å². The Morgan fingerprint density at radius 2 is 1.73 bits per heavy atom. The summed E-state index contributed by atoms with van der Waals surface area (Å²) in [5.74, 6) is -0.282. The Kier molecular flexibility index (Phi) is 3.74. The number of nitrogens with one attached hydrogen (secondary N) is 1. The predicted octanol–water partition coefficient (Wildman–Crippen LogP) is 3.27. The molecular weight excluding hydrogens is 276 g/mol. The molecule has 0 aliphatic heterocycles. The van der Waals surface area contributed by atoms with Crippen molar-refractivity contribution < 1.29 is 4.79 Å². The molecule has 0 spiro atoms. The van der Waals surface area contributed by atoms with Gasteiger partial charge in [0.1, 0.15) is 5.69 Å². The molecule has 2 aromatic carbocycles. The zero-order chi connectivity index (χ0) is 15.5. The molecule has 0 atom stereocenters. The highest BCUT2D eigenvalue weighted by Crippen LogP contribution is 2.14. The third kappa shape index (κ3) is 2.51. The summed E-state index contributed by atoms with van der Waals surface area (Å²) in [4.78, 5) is 25.0. The fourth-order valence-corrected chi connectivity index (χ4v) is 2.52. The second-order valence-corrected chi connectivity index (χ2v) is 4.99. The van der Waals surface area contributed by atoms with Gasteiger partial charge >= 0.3 is 0 Å². The summed E-state index contributed by atoms with van der Waals surface area (Å²) in [5, 5.41) is 4.23. The number of carbonyl (C=O) groups excluding carboxylic acids is 1. The van der Waals surface area contributed by atoms with E-state index in [1.807, 2.05) is 55.5 Å². The van der Waals surface area contributed by atoms with Crippen molar-refractivity contribution in [1.82, 2.24) is 4.57 Å². The smallest absolute Gasteiger partial charge is 0.272 e. The largest absolute Gasteiger partial charge is 0.321 e. The number of aromatic nitrogens is 1. The Balaban J connectivity index is 2.09. The topological polar surface area (TPSA) is 51.1 Å². The van der Waals surface area contributed by atoms with Gasteiger partial charge in [0.25, 0.3) is 11.5 Å². The van der Waals surface area contributed by atoms with Crippen LogP contribution in [0.1, 0.15) is 17.4 Å². The second-order valence-electron chi connectivity index (χ2n) is 4.99. The maximum absolute atomic E-state index is 12.5. The summed E-state index contributed by atoms with van der Waals surface area (Å²) >= 11 is 0. The van der Waals surface area contributed by atoms with Gasteiger partial charge in [-0.2, -0.15) is 0 Å². The van der Waals surface area contributed by atoms with Crippen LogP contribution < -0.4 is 10.9 Å². The summed E-state index contributed by atoms with van der Waals surface area (Å²) in [6.07, 6.45) is 0. The van der Waals surface area contributed by atoms with E-state index in [1.165, 1.54) is 4.57 Å². The molecule has 0 saturated heterocycles. The van der Waals surface area contributed by atoms with E-state index in [2.05, 4.69) is 5.32 Å². The molecule has 0 aliphatic carbocycles. The van der Waals surface area contributed by atoms with Gasteiger partial charge < -0.3 is 9.88 Å². The SMILES string of the molecule is CCn1c(C(=O)Nc2ccccc2)cc2ccccc2c1=O. The zero-order valence-electron chi connectivity index (χ0n) is 12.2. The van der Waals surface area contributed by atoms with Crippen LogP contribution in [0, 0.1) is 0 Å². The number of para-hydroxylation sites is 1. The minimum absolute atomic E-state index is 0.140. The third-order valence-electron chi connectivity index (χ3n) is 3.60. The van der Waals surface area contributed by atoms with Crippen molar-refractivity contribution in [2.75, 3.05) is 5.32 Å². The van der Waals surface area contributed by atoms with Gasteiger partial charge in [0.15, 0.2) is 0 Å². The van der Waals surface area contributed by atoms with E-state index in [9.17, 15) is 9.59 Å². The summed E-state index contributed by atoms with van der Waals surface area (Å²) < 4.78 is 1.50. The van der Waals surface area contributed by atoms with Crippen molar-refractivity contribution >= 4 is 22.4 Å². The standard InChI is InChI=1S/C18H16N2O2/c1-2-20-16(17(21)19-14-9-4-3-5-10-14)12-13-8-6-7-11-15(13)18(20)22/h3-12H,2H2,1H3,(H,19,21). The Morgan fingerprint density at radius 1 is 1.05 bits per heavy atom. The van der Waals surface area contributed by atoms with Crippen LogP contribution in [0.3, 0.4) is 0 Å². The molecule has 4 nitrogen and oxygen atoms in total. The summed E-state index contributed by atoms with van der Waals surface area (Å²) in [6, 6.07) is 18.3. The molecule has 0 saturated carbocycles. The number of rotatable bonds is 3. The molecule has 1 amide bonds. The van der Waals surface area contributed by atoms with Gasteiger partial charge in [0.05, 0.1) is 0 Å². The number of nitrogens with zero attached hydrogens (tertiary/aromatic N) is 1. The molecule has 1 aromatic heterocycles. The Labute approximate surface area is 128 Å². The normalized spacial score (nSPS) is 10.6. The first-order valence-electron chi connectivity index (χ1n) is 7.19. The van der Waals surface area contributed by atoms with Crippen LogP contribution in [0.5, 0.6) is 0 Å². The number of hydrogen-bond donors (Lipinski definition) is 1. The molecule has 110 valence electrons. The van der Waals surface area contributed by atoms with Crippen LogP contribution in [0.2, 0.25) is 0 Å². The maximum Gasteiger partial charge on any atom is 0.272 e. The quantitative estimate of drug-likeness (QED) is 0.805. The Hall–Kier alpha value is -2.88. The molecular formula is C18H16N2O2. The molecule has 0 fully saturated rings. The number of carbonyl (C=O) groups is 1. The summed E-state index contributed by atoms with van der Waals surface area (Å²) in [5.41, 5.74) is 0.935. The third-order valence-corrected chi connectivity index (χ3v) is 3.60. The molecule has 0 radical (unpaired) electrons. The molecule has 0 unspecified atom stereocenters. The van der Waals surface area contributed by atoms with Gasteiger partial charge in [-0.3, -0.25) is 9.59 Å². The monoisotopic (exact) mass is 292 g/mol. The second kappa shape index (κ2) is 5.85. The lowest BCUT2D eigenvalue weighted by atomic mass is 10.1. The van der Waals surface area contributed by atoms with E-state index in [4.69, 9.17) is 0 Å². The van der Waals surface area contributed by atoms with E-state index < -0.39 is 0 Å². The van der Waals surface area contributed by atoms with E-state index in [-0.39, 0.29) is 11.5 Å². The maximum atomic E-state index is 12.5. The molecule has 1 heterocycles. The van der Waals surface area contributed by atoms with E-state index in [0.29, 0.717) is 23.3 Å². The van der Waals surface area contributed by atoms with Gasteiger partial charge in [-0.25, -0.2) is 0 Å². The molecule has 3 rings (SSSR count). The van der Waals surface area contributed by atoms with Crippen LogP contribution >= 0.6 is 0 Å². The number of pyridine rings is 1. The van der Waals surface area contributed by atoms with Gasteiger partial charge in [0, 0.05) is 17.6 Å². The van der Waals surface area contributed by atoms with Gasteiger partial charge in [-0.1, -0.05) is 36.4 Å². The number of amides is 1. The highest BCUT2D eigenvalue weighted by Gasteiger charge is 2.14. The van der Waals surface area contributed by atoms with Crippen LogP contribution in [0.4, 0.5) is 5.69 Å². The fourth-order valence-electron chi connectivity index (χ4n) is 2.52. The molecule has 3 aromatic rings. The van der Waals surface area contributed by atoms with Gasteiger partial charge in [-0.15, -0.1) is 0 Å². The predicted molar refractivity (Wildman–Crippen MR) is 88.3 cm³/mol. The van der Waals surface area contributed by atoms with Crippen molar-refractivity contribution in [3.05, 3.63) is 76.7 Å². The minimum atomic E-state index is -0.282. The molecule has 22 heavy (non-hydrogen) atoms. The Bertz CT molecular complexity index is 882. The lowest BCUT2D eigenvalue weighted by molar-refractivity contribution is 0.101. The van der Waals surface area contributed by atoms with Crippen LogP contribution in [0.25, 0.3) is 10.8 Å². The van der Waals surface area contributed by atoms with E-state index in [0.717, 1.165) is 5.39 Å². The van der Waals surface area contributed by atoms with Crippen LogP contribution in [0.15, 0.2) is 65.5 Å². The van der Waals surface area contributed by atoms with Crippen molar-refractivity contribution in [1.29, 1.82) is 0 Å². The highest BCUT2D eigenvalue weighted by molar-refractivity contribution is 6.05. The molecule has 0 aliphatic rings. The average Bonchev–Trinajstić information content (AvgIpc) is 2.55. The zero-order valence-corrected chi connectivity index (χ0v) is 12.2. The Morgan fingerprint density at radius 3 is 2.45 bits per heavy atom. The molecule has 0 bridgehead atoms. The van der Waals surface area contributed by atoms with E-state index >= 15 is 0 Å². The lowest BCUT2D eigenvalue weighted by Crippen LogP contribution is -2.28. The fraction of sp³-hybridized carbons (Fsp3) is 0.111. The average molecular weight is 292 g/mol. The number of fused-ring (bicyclic) bond motifs is 1. The summed E-state index contributed by atoms with van der Waals surface area (Å²) in [7, 11) is 0. The molecule has 4 heteroatoms. The lowest BCUT2D eigenvalue weighted by Gasteiger charge is -2.13. The number of anilines is 1.